The molecule has 0 fully saturated rings. The predicted molar refractivity (Wildman–Crippen MR) is 78.7 cm³/mol. The quantitative estimate of drug-likeness (QED) is 0.787. The average molecular weight is 336 g/mol. The SMILES string of the molecule is Cc1ccc2c(c1)C(=O)C(=O)N2Cc1cc(Br)cs1. The van der Waals surface area contributed by atoms with E-state index in [2.05, 4.69) is 15.9 Å². The van der Waals surface area contributed by atoms with Gasteiger partial charge in [0.05, 0.1) is 17.8 Å². The van der Waals surface area contributed by atoms with Crippen LogP contribution in [-0.4, -0.2) is 11.7 Å². The molecule has 1 aromatic carbocycles. The maximum atomic E-state index is 12.1. The molecule has 1 aliphatic heterocycles. The van der Waals surface area contributed by atoms with Crippen LogP contribution in [0.2, 0.25) is 0 Å². The second kappa shape index (κ2) is 4.58. The standard InChI is InChI=1S/C14H10BrNO2S/c1-8-2-3-12-11(4-8)13(17)14(18)16(12)6-10-5-9(15)7-19-10/h2-5,7H,6H2,1H3. The lowest BCUT2D eigenvalue weighted by atomic mass is 10.1. The molecule has 0 atom stereocenters. The van der Waals surface area contributed by atoms with Crippen molar-refractivity contribution in [3.8, 4) is 0 Å². The number of benzene rings is 1. The lowest BCUT2D eigenvalue weighted by Crippen LogP contribution is -2.28. The van der Waals surface area contributed by atoms with Crippen LogP contribution in [0.3, 0.4) is 0 Å². The highest BCUT2D eigenvalue weighted by molar-refractivity contribution is 9.10. The van der Waals surface area contributed by atoms with Crippen molar-refractivity contribution >= 4 is 44.6 Å². The number of rotatable bonds is 2. The molecule has 0 radical (unpaired) electrons. The van der Waals surface area contributed by atoms with Crippen molar-refractivity contribution in [3.63, 3.8) is 0 Å². The van der Waals surface area contributed by atoms with Gasteiger partial charge in [-0.15, -0.1) is 11.3 Å². The number of Topliss-reactive ketones (excluding diaryl/α,β-unsaturated/α-hetero) is 1. The zero-order valence-corrected chi connectivity index (χ0v) is 12.5. The average Bonchev–Trinajstić information content (AvgIpc) is 2.88. The van der Waals surface area contributed by atoms with Gasteiger partial charge >= 0.3 is 0 Å². The van der Waals surface area contributed by atoms with Crippen LogP contribution in [0.25, 0.3) is 0 Å². The zero-order chi connectivity index (χ0) is 13.6. The minimum absolute atomic E-state index is 0.408. The van der Waals surface area contributed by atoms with E-state index < -0.39 is 11.7 Å². The fraction of sp³-hybridized carbons (Fsp3) is 0.143. The summed E-state index contributed by atoms with van der Waals surface area (Å²) >= 11 is 4.96. The Bertz CT molecular complexity index is 693. The van der Waals surface area contributed by atoms with Gasteiger partial charge < -0.3 is 0 Å². The van der Waals surface area contributed by atoms with Crippen molar-refractivity contribution < 1.29 is 9.59 Å². The summed E-state index contributed by atoms with van der Waals surface area (Å²) in [7, 11) is 0. The predicted octanol–water partition coefficient (Wildman–Crippen LogP) is 3.55. The summed E-state index contributed by atoms with van der Waals surface area (Å²) in [6.07, 6.45) is 0. The monoisotopic (exact) mass is 335 g/mol. The Labute approximate surface area is 123 Å². The third-order valence-corrected chi connectivity index (χ3v) is 4.74. The van der Waals surface area contributed by atoms with Crippen LogP contribution in [-0.2, 0) is 11.3 Å². The Morgan fingerprint density at radius 2 is 2.05 bits per heavy atom. The van der Waals surface area contributed by atoms with E-state index in [0.29, 0.717) is 17.8 Å². The highest BCUT2D eigenvalue weighted by Crippen LogP contribution is 2.32. The Morgan fingerprint density at radius 1 is 1.26 bits per heavy atom. The molecular weight excluding hydrogens is 326 g/mol. The minimum atomic E-state index is -0.440. The molecule has 3 rings (SSSR count). The number of ketones is 1. The molecule has 0 N–H and O–H groups in total. The Hall–Kier alpha value is -1.46. The van der Waals surface area contributed by atoms with Gasteiger partial charge in [0.1, 0.15) is 0 Å². The fourth-order valence-electron chi connectivity index (χ4n) is 2.16. The number of halogens is 1. The number of thiophene rings is 1. The second-order valence-electron chi connectivity index (χ2n) is 4.47. The van der Waals surface area contributed by atoms with Crippen LogP contribution >= 0.6 is 27.3 Å². The molecule has 0 bridgehead atoms. The number of nitrogens with zero attached hydrogens (tertiary/aromatic N) is 1. The second-order valence-corrected chi connectivity index (χ2v) is 6.38. The van der Waals surface area contributed by atoms with E-state index >= 15 is 0 Å². The zero-order valence-electron chi connectivity index (χ0n) is 10.1. The van der Waals surface area contributed by atoms with Gasteiger partial charge in [-0.3, -0.25) is 14.5 Å². The molecule has 5 heteroatoms. The summed E-state index contributed by atoms with van der Waals surface area (Å²) in [6.45, 7) is 2.36. The number of amides is 1. The fourth-order valence-corrected chi connectivity index (χ4v) is 3.60. The highest BCUT2D eigenvalue weighted by Gasteiger charge is 2.35. The molecule has 3 nitrogen and oxygen atoms in total. The van der Waals surface area contributed by atoms with E-state index in [1.165, 1.54) is 0 Å². The first kappa shape index (κ1) is 12.6. The van der Waals surface area contributed by atoms with E-state index in [9.17, 15) is 9.59 Å². The summed E-state index contributed by atoms with van der Waals surface area (Å²) in [5.74, 6) is -0.848. The Balaban J connectivity index is 1.99. The van der Waals surface area contributed by atoms with Crippen molar-refractivity contribution in [2.24, 2.45) is 0 Å². The molecule has 0 aliphatic carbocycles. The van der Waals surface area contributed by atoms with Gasteiger partial charge in [-0.05, 0) is 41.1 Å². The van der Waals surface area contributed by atoms with Gasteiger partial charge in [-0.2, -0.15) is 0 Å². The topological polar surface area (TPSA) is 37.4 Å². The maximum Gasteiger partial charge on any atom is 0.299 e. The smallest absolute Gasteiger partial charge is 0.299 e. The van der Waals surface area contributed by atoms with E-state index in [-0.39, 0.29) is 0 Å². The summed E-state index contributed by atoms with van der Waals surface area (Å²) < 4.78 is 0.995. The molecule has 0 spiro atoms. The van der Waals surface area contributed by atoms with Gasteiger partial charge in [-0.25, -0.2) is 0 Å². The van der Waals surface area contributed by atoms with Crippen molar-refractivity contribution in [2.75, 3.05) is 4.90 Å². The highest BCUT2D eigenvalue weighted by atomic mass is 79.9. The number of carbonyl (C=O) groups excluding carboxylic acids is 2. The molecule has 2 aromatic rings. The molecule has 1 aliphatic rings. The molecular formula is C14H10BrNO2S. The minimum Gasteiger partial charge on any atom is -0.300 e. The molecule has 96 valence electrons. The summed E-state index contributed by atoms with van der Waals surface area (Å²) in [5.41, 5.74) is 2.21. The third kappa shape index (κ3) is 2.13. The van der Waals surface area contributed by atoms with E-state index in [1.54, 1.807) is 22.3 Å². The van der Waals surface area contributed by atoms with Crippen molar-refractivity contribution in [1.82, 2.24) is 0 Å². The van der Waals surface area contributed by atoms with Crippen molar-refractivity contribution in [2.45, 2.75) is 13.5 Å². The molecule has 0 saturated heterocycles. The molecule has 0 unspecified atom stereocenters. The number of aryl methyl sites for hydroxylation is 1. The van der Waals surface area contributed by atoms with E-state index in [1.807, 2.05) is 30.5 Å². The first-order valence-corrected chi connectivity index (χ1v) is 7.43. The number of anilines is 1. The third-order valence-electron chi connectivity index (χ3n) is 3.06. The number of fused-ring (bicyclic) bond motifs is 1. The number of carbonyl (C=O) groups is 2. The molecule has 1 amide bonds. The lowest BCUT2D eigenvalue weighted by molar-refractivity contribution is -0.114. The Kier molecular flexibility index (Phi) is 3.03. The lowest BCUT2D eigenvalue weighted by Gasteiger charge is -2.15. The van der Waals surface area contributed by atoms with Gasteiger partial charge in [-0.1, -0.05) is 11.6 Å². The van der Waals surface area contributed by atoms with Crippen molar-refractivity contribution in [1.29, 1.82) is 0 Å². The first-order chi connectivity index (χ1) is 9.06. The van der Waals surface area contributed by atoms with E-state index in [0.717, 1.165) is 14.9 Å². The van der Waals surface area contributed by atoms with Crippen LogP contribution in [0.5, 0.6) is 0 Å². The van der Waals surface area contributed by atoms with E-state index in [4.69, 9.17) is 0 Å². The normalized spacial score (nSPS) is 14.1. The molecule has 0 saturated carbocycles. The van der Waals surface area contributed by atoms with Crippen molar-refractivity contribution in [3.05, 3.63) is 50.1 Å². The number of hydrogen-bond acceptors (Lipinski definition) is 3. The Morgan fingerprint density at radius 3 is 2.74 bits per heavy atom. The molecule has 2 heterocycles. The van der Waals surface area contributed by atoms with Crippen LogP contribution in [0.4, 0.5) is 5.69 Å². The summed E-state index contributed by atoms with van der Waals surface area (Å²) in [5, 5.41) is 1.97. The maximum absolute atomic E-state index is 12.1. The molecule has 1 aromatic heterocycles. The van der Waals surface area contributed by atoms with Crippen LogP contribution in [0.1, 0.15) is 20.8 Å². The summed E-state index contributed by atoms with van der Waals surface area (Å²) in [6, 6.07) is 7.51. The summed E-state index contributed by atoms with van der Waals surface area (Å²) in [4.78, 5) is 26.6. The first-order valence-electron chi connectivity index (χ1n) is 5.76. The van der Waals surface area contributed by atoms with Gasteiger partial charge in [0.15, 0.2) is 0 Å². The van der Waals surface area contributed by atoms with Crippen LogP contribution in [0, 0.1) is 6.92 Å². The molecule has 19 heavy (non-hydrogen) atoms. The van der Waals surface area contributed by atoms with Gasteiger partial charge in [0.2, 0.25) is 0 Å². The van der Waals surface area contributed by atoms with Gasteiger partial charge in [0, 0.05) is 14.7 Å². The van der Waals surface area contributed by atoms with Crippen LogP contribution in [0.15, 0.2) is 34.1 Å². The van der Waals surface area contributed by atoms with Crippen LogP contribution < -0.4 is 4.90 Å². The number of hydrogen-bond donors (Lipinski definition) is 0. The van der Waals surface area contributed by atoms with Gasteiger partial charge in [0.25, 0.3) is 11.7 Å². The largest absolute Gasteiger partial charge is 0.300 e.